The van der Waals surface area contributed by atoms with Crippen molar-refractivity contribution in [1.82, 2.24) is 42.5 Å². The zero-order valence-corrected chi connectivity index (χ0v) is 70.7. The number of phenolic OH excluding ortho intramolecular Hbond substituents is 3. The number of likely N-dealkylation sites (N-methyl/N-ethyl adjacent to an activating group) is 1. The molecule has 0 aliphatic carbocycles. The van der Waals surface area contributed by atoms with Gasteiger partial charge in [-0.3, -0.25) is 33.6 Å². The van der Waals surface area contributed by atoms with E-state index in [1.807, 2.05) is 0 Å². The first-order chi connectivity index (χ1) is 60.5. The SMILES string of the molecule is CN[C@H](CC(C)C)C(=O)NC1C(=O)N[C@H](CC(N)=O)C(=O)N[C@H]2C(=O)N[C@H]3C(=O)N[C@H](C(=O)N[C@@H](C(=O)O)c4cc(O)cc(O)c4-c4cc3ccc4O)[C@H](OC3C[C@](C)(N)[C@@H](O)[C@H](C)O3)c3ccc(c(Cl)c3)Oc3cc2cc(c3O[C@@H]2O[C@H](CO)[C@@H](O[C@@H]3O[C@H](CNCc4ccc(-c5ccc(C(F)(F)F)cc5)s4)[C@H](O)[C@H](O)[C@H]3O)[C@H](O)[C@H]2O)Oc2ccc(cc2Cl)[C@H]1O. The summed E-state index contributed by atoms with van der Waals surface area (Å²) >= 11 is 15.7. The van der Waals surface area contributed by atoms with Crippen LogP contribution < -0.4 is 68.2 Å². The Balaban J connectivity index is 0.952. The van der Waals surface area contributed by atoms with Crippen LogP contribution in [0.3, 0.4) is 0 Å². The minimum absolute atomic E-state index is 0.0751. The fraction of sp³-hybridized carbons (Fsp3) is 0.429. The second-order valence-electron chi connectivity index (χ2n) is 32.3. The number of fused-ring (bicyclic) bond motifs is 15. The van der Waals surface area contributed by atoms with E-state index in [1.165, 1.54) is 56.5 Å². The van der Waals surface area contributed by atoms with Crippen LogP contribution in [-0.4, -0.2) is 238 Å². The number of hydrogen-bond donors (Lipinski definition) is 22. The van der Waals surface area contributed by atoms with Gasteiger partial charge in [-0.05, 0) is 140 Å². The molecule has 24 N–H and O–H groups in total. The molecule has 2 unspecified atom stereocenters. The van der Waals surface area contributed by atoms with Crippen molar-refractivity contribution in [3.05, 3.63) is 164 Å². The Labute approximate surface area is 739 Å². The number of primary amides is 1. The summed E-state index contributed by atoms with van der Waals surface area (Å²) in [6, 6.07) is 6.52. The number of alkyl halides is 3. The lowest BCUT2D eigenvalue weighted by Gasteiger charge is -2.46. The first-order valence-corrected chi connectivity index (χ1v) is 41.7. The molecule has 3 saturated heterocycles. The van der Waals surface area contributed by atoms with E-state index in [1.54, 1.807) is 26.0 Å². The van der Waals surface area contributed by atoms with E-state index in [2.05, 4.69) is 42.5 Å². The van der Waals surface area contributed by atoms with Crippen molar-refractivity contribution in [3.63, 3.8) is 0 Å². The van der Waals surface area contributed by atoms with E-state index in [0.29, 0.717) is 15.3 Å². The molecule has 15 rings (SSSR count). The normalized spacial score (nSPS) is 29.5. The summed E-state index contributed by atoms with van der Waals surface area (Å²) in [7, 11) is 1.45. The predicted molar refractivity (Wildman–Crippen MR) is 441 cm³/mol. The van der Waals surface area contributed by atoms with Crippen LogP contribution in [0.15, 0.2) is 115 Å². The molecule has 9 heterocycles. The van der Waals surface area contributed by atoms with E-state index >= 15 is 24.0 Å². The number of aromatic hydroxyl groups is 3. The van der Waals surface area contributed by atoms with Crippen LogP contribution in [0, 0.1) is 5.92 Å². The number of nitrogens with two attached hydrogens (primary N) is 2. The quantitative estimate of drug-likeness (QED) is 0.0521. The number of rotatable bonds is 20. The predicted octanol–water partition coefficient (Wildman–Crippen LogP) is 2.48. The van der Waals surface area contributed by atoms with Gasteiger partial charge in [-0.1, -0.05) is 67.4 Å². The highest BCUT2D eigenvalue weighted by Gasteiger charge is 2.53. The molecule has 0 spiro atoms. The number of amides is 7. The van der Waals surface area contributed by atoms with Crippen molar-refractivity contribution in [2.24, 2.45) is 17.4 Å². The summed E-state index contributed by atoms with van der Waals surface area (Å²) in [6.07, 6.45) is -34.4. The van der Waals surface area contributed by atoms with Gasteiger partial charge in [-0.15, -0.1) is 11.3 Å². The van der Waals surface area contributed by atoms with Crippen molar-refractivity contribution in [1.29, 1.82) is 0 Å². The lowest BCUT2D eigenvalue weighted by atomic mass is 9.86. The van der Waals surface area contributed by atoms with Crippen molar-refractivity contribution in [3.8, 4) is 67.6 Å². The van der Waals surface area contributed by atoms with Crippen LogP contribution >= 0.6 is 34.5 Å². The number of phenols is 3. The minimum Gasteiger partial charge on any atom is -0.508 e. The zero-order valence-electron chi connectivity index (χ0n) is 68.3. The highest BCUT2D eigenvalue weighted by molar-refractivity contribution is 7.15. The van der Waals surface area contributed by atoms with Crippen molar-refractivity contribution < 1.29 is 151 Å². The molecule has 23 atom stereocenters. The van der Waals surface area contributed by atoms with Crippen molar-refractivity contribution >= 4 is 81.9 Å². The molecule has 1 aromatic heterocycles. The number of halogens is 5. The van der Waals surface area contributed by atoms with Gasteiger partial charge in [-0.2, -0.15) is 13.2 Å². The molecule has 44 heteroatoms. The molecule has 3 fully saturated rings. The molecule has 7 amide bonds. The Morgan fingerprint density at radius 1 is 0.672 bits per heavy atom. The van der Waals surface area contributed by atoms with Gasteiger partial charge in [0.15, 0.2) is 30.1 Å². The van der Waals surface area contributed by atoms with Crippen LogP contribution in [0.5, 0.6) is 46.0 Å². The summed E-state index contributed by atoms with van der Waals surface area (Å²) in [6.45, 7) is 5.13. The lowest BCUT2D eigenvalue weighted by Crippen LogP contribution is -2.65. The Morgan fingerprint density at radius 2 is 1.30 bits per heavy atom. The molecule has 0 saturated carbocycles. The Bertz CT molecular complexity index is 5350. The van der Waals surface area contributed by atoms with E-state index < -0.39 is 296 Å². The van der Waals surface area contributed by atoms with Gasteiger partial charge < -0.3 is 153 Å². The van der Waals surface area contributed by atoms with E-state index in [9.17, 15) is 88.8 Å². The summed E-state index contributed by atoms with van der Waals surface area (Å²) in [5, 5.41) is 159. The molecular weight excluding hydrogens is 1760 g/mol. The lowest BCUT2D eigenvalue weighted by molar-refractivity contribution is -0.350. The number of aliphatic hydroxyl groups excluding tert-OH is 8. The molecule has 38 nitrogen and oxygen atoms in total. The Morgan fingerprint density at radius 3 is 1.92 bits per heavy atom. The second-order valence-corrected chi connectivity index (χ2v) is 34.3. The van der Waals surface area contributed by atoms with Crippen LogP contribution in [0.1, 0.15) is 116 Å². The summed E-state index contributed by atoms with van der Waals surface area (Å²) in [5.74, 6) is -17.0. The van der Waals surface area contributed by atoms with E-state index in [-0.39, 0.29) is 43.0 Å². The topological polar surface area (TPSA) is 601 Å². The number of ether oxygens (including phenoxy) is 8. The second kappa shape index (κ2) is 38.9. The average Bonchev–Trinajstić information content (AvgIpc) is 0.827. The third-order valence-electron chi connectivity index (χ3n) is 22.5. The third-order valence-corrected chi connectivity index (χ3v) is 24.2. The molecule has 128 heavy (non-hydrogen) atoms. The minimum atomic E-state index is -4.56. The molecule has 688 valence electrons. The summed E-state index contributed by atoms with van der Waals surface area (Å²) in [4.78, 5) is 122. The number of nitrogens with one attached hydrogen (secondary N) is 8. The molecule has 0 radical (unpaired) electrons. The van der Waals surface area contributed by atoms with Crippen LogP contribution in [0.4, 0.5) is 13.2 Å². The smallest absolute Gasteiger partial charge is 0.416 e. The van der Waals surface area contributed by atoms with Gasteiger partial charge in [0, 0.05) is 57.6 Å². The zero-order chi connectivity index (χ0) is 92.7. The number of benzene rings is 6. The largest absolute Gasteiger partial charge is 0.508 e. The van der Waals surface area contributed by atoms with Crippen LogP contribution in [0.2, 0.25) is 10.0 Å². The Kier molecular flexibility index (Phi) is 28.9. The number of carbonyl (C=O) groups is 8. The average molecular weight is 1850 g/mol. The number of hydrogen-bond acceptors (Lipinski definition) is 31. The van der Waals surface area contributed by atoms with E-state index in [4.69, 9.17) is 72.6 Å². The first kappa shape index (κ1) is 94.9. The maximum absolute atomic E-state index is 16.4. The summed E-state index contributed by atoms with van der Waals surface area (Å²) < 4.78 is 91.1. The number of aliphatic carboxylic acids is 1. The molecule has 7 aromatic rings. The van der Waals surface area contributed by atoms with Gasteiger partial charge in [0.25, 0.3) is 0 Å². The highest BCUT2D eigenvalue weighted by Crippen LogP contribution is 2.51. The molecule has 8 aliphatic heterocycles. The van der Waals surface area contributed by atoms with Gasteiger partial charge in [-0.25, -0.2) is 4.79 Å². The number of carboxylic acids is 1. The number of carboxylic acid groups (broad SMARTS) is 1. The van der Waals surface area contributed by atoms with Gasteiger partial charge >= 0.3 is 12.1 Å². The van der Waals surface area contributed by atoms with Crippen molar-refractivity contribution in [2.45, 2.75) is 200 Å². The molecule has 8 aliphatic rings. The maximum atomic E-state index is 16.4. The first-order valence-electron chi connectivity index (χ1n) is 40.1. The van der Waals surface area contributed by atoms with Gasteiger partial charge in [0.05, 0.1) is 46.9 Å². The molecular formula is C84H93Cl2F3N10O28S. The molecule has 11 bridgehead atoms. The van der Waals surface area contributed by atoms with Crippen molar-refractivity contribution in [2.75, 3.05) is 20.2 Å². The monoisotopic (exact) mass is 1850 g/mol. The number of thiophene rings is 1. The van der Waals surface area contributed by atoms with Gasteiger partial charge in [0.2, 0.25) is 53.4 Å². The maximum Gasteiger partial charge on any atom is 0.416 e. The molecule has 6 aromatic carbocycles. The third kappa shape index (κ3) is 20.6. The summed E-state index contributed by atoms with van der Waals surface area (Å²) in [5.41, 5.74) is 7.49. The fourth-order valence-electron chi connectivity index (χ4n) is 15.8. The van der Waals surface area contributed by atoms with E-state index in [0.717, 1.165) is 78.9 Å². The Hall–Kier alpha value is -10.7. The van der Waals surface area contributed by atoms with Gasteiger partial charge in [0.1, 0.15) is 120 Å². The standard InChI is InChI=1S/C84H93Cl2F3N10O28S/c1-31(2)18-45(92-5)74(112)98-62-64(105)35-9-15-49(43(85)20-35)121-51-22-37-23-52(71(51)126-82-69(110)67(108)72(54(30-100)124-82)127-81-68(109)66(107)65(106)53(123-81)29-93-28-40-13-17-55(128-40)33-6-11-38(12-7-33)84(87,88)89)122-50-16-10-36(21-44(50)86)70(125-57-27-83(4,91)73(111)32(3)120-57)63-79(117)97-61(80(118)119)42-24-39(101)25-48(103)58(42)41-19-34(8-14-47(41)102)59(76(114)99-63)96-77(115)60(37)95-75(113)46(26-56(90)104)94-78(62)116/h6-17,19-25,31-32,45-46,53-54,57,59-70,72-73,81-82,92-93,100-103,105-111H,18,26-30,91H2,1-5H3,(H2,90,104)(H,94,116)(H,95,113)(H,96,115)(H,97,117)(H,98,112)(H,99,114)(H,118,119)/t32-,45+,46+,53+,54+,57?,59+,60+,61+,62?,63-,64+,65-,66-,67+,68+,69+,70+,72+,73-,81-,82-,83-/m0/s1. The fourth-order valence-corrected chi connectivity index (χ4v) is 17.2. The van der Waals surface area contributed by atoms with Crippen LogP contribution in [-0.2, 0) is 74.8 Å². The van der Waals surface area contributed by atoms with Crippen LogP contribution in [0.25, 0.3) is 21.6 Å². The number of carbonyl (C=O) groups excluding carboxylic acids is 7. The number of aliphatic hydroxyl groups is 8. The highest BCUT2D eigenvalue weighted by atomic mass is 35.5.